The topological polar surface area (TPSA) is 15.3 Å². The SMILES string of the molecule is CCC1(C2CCCN2C)CCCN1. The van der Waals surface area contributed by atoms with Crippen LogP contribution in [-0.2, 0) is 0 Å². The van der Waals surface area contributed by atoms with Crippen molar-refractivity contribution in [2.45, 2.75) is 50.6 Å². The molecule has 0 aliphatic carbocycles. The molecule has 2 fully saturated rings. The van der Waals surface area contributed by atoms with Crippen LogP contribution in [-0.4, -0.2) is 36.6 Å². The van der Waals surface area contributed by atoms with Gasteiger partial charge in [0.1, 0.15) is 0 Å². The smallest absolute Gasteiger partial charge is 0.0335 e. The highest BCUT2D eigenvalue weighted by Crippen LogP contribution is 2.34. The van der Waals surface area contributed by atoms with Crippen molar-refractivity contribution in [3.05, 3.63) is 0 Å². The Morgan fingerprint density at radius 1 is 1.46 bits per heavy atom. The maximum atomic E-state index is 3.75. The highest BCUT2D eigenvalue weighted by Gasteiger charge is 2.42. The molecule has 2 aliphatic heterocycles. The van der Waals surface area contributed by atoms with E-state index in [1.165, 1.54) is 45.2 Å². The first-order chi connectivity index (χ1) is 6.28. The van der Waals surface area contributed by atoms with Crippen molar-refractivity contribution in [1.29, 1.82) is 0 Å². The third kappa shape index (κ3) is 1.50. The molecule has 0 radical (unpaired) electrons. The zero-order valence-corrected chi connectivity index (χ0v) is 8.97. The van der Waals surface area contributed by atoms with E-state index in [9.17, 15) is 0 Å². The fourth-order valence-corrected chi connectivity index (χ4v) is 3.26. The Kier molecular flexibility index (Phi) is 2.61. The van der Waals surface area contributed by atoms with Gasteiger partial charge >= 0.3 is 0 Å². The number of nitrogens with one attached hydrogen (secondary N) is 1. The molecule has 0 saturated carbocycles. The monoisotopic (exact) mass is 182 g/mol. The highest BCUT2D eigenvalue weighted by atomic mass is 15.2. The normalized spacial score (nSPS) is 41.5. The van der Waals surface area contributed by atoms with Crippen molar-refractivity contribution >= 4 is 0 Å². The number of nitrogens with zero attached hydrogens (tertiary/aromatic N) is 1. The summed E-state index contributed by atoms with van der Waals surface area (Å²) in [5, 5.41) is 3.75. The Balaban J connectivity index is 2.10. The highest BCUT2D eigenvalue weighted by molar-refractivity contribution is 5.03. The van der Waals surface area contributed by atoms with Gasteiger partial charge in [0.25, 0.3) is 0 Å². The van der Waals surface area contributed by atoms with Crippen LogP contribution in [0.3, 0.4) is 0 Å². The van der Waals surface area contributed by atoms with Crippen LogP contribution in [0.5, 0.6) is 0 Å². The molecule has 0 amide bonds. The average molecular weight is 182 g/mol. The van der Waals surface area contributed by atoms with Crippen molar-refractivity contribution in [3.63, 3.8) is 0 Å². The lowest BCUT2D eigenvalue weighted by Crippen LogP contribution is -2.54. The molecular formula is C11H22N2. The molecule has 76 valence electrons. The zero-order chi connectivity index (χ0) is 9.31. The lowest BCUT2D eigenvalue weighted by molar-refractivity contribution is 0.166. The minimum absolute atomic E-state index is 0.464. The van der Waals surface area contributed by atoms with E-state index < -0.39 is 0 Å². The molecule has 1 N–H and O–H groups in total. The van der Waals surface area contributed by atoms with Crippen LogP contribution in [0, 0.1) is 0 Å². The van der Waals surface area contributed by atoms with Gasteiger partial charge in [-0.15, -0.1) is 0 Å². The lowest BCUT2D eigenvalue weighted by Gasteiger charge is -2.38. The third-order valence-corrected chi connectivity index (χ3v) is 4.07. The summed E-state index contributed by atoms with van der Waals surface area (Å²) in [5.74, 6) is 0. The standard InChI is InChI=1S/C11H22N2/c1-3-11(7-5-8-12-11)10-6-4-9-13(10)2/h10,12H,3-9H2,1-2H3. The first-order valence-corrected chi connectivity index (χ1v) is 5.74. The van der Waals surface area contributed by atoms with Crippen LogP contribution in [0.15, 0.2) is 0 Å². The van der Waals surface area contributed by atoms with Gasteiger partial charge in [-0.05, 0) is 52.2 Å². The van der Waals surface area contributed by atoms with Crippen LogP contribution in [0.1, 0.15) is 39.0 Å². The molecule has 2 heteroatoms. The predicted molar refractivity (Wildman–Crippen MR) is 55.9 cm³/mol. The minimum atomic E-state index is 0.464. The van der Waals surface area contributed by atoms with Crippen molar-refractivity contribution in [1.82, 2.24) is 10.2 Å². The second-order valence-corrected chi connectivity index (χ2v) is 4.68. The molecule has 2 rings (SSSR count). The predicted octanol–water partition coefficient (Wildman–Crippen LogP) is 1.61. The summed E-state index contributed by atoms with van der Waals surface area (Å²) in [7, 11) is 2.29. The van der Waals surface area contributed by atoms with Gasteiger partial charge in [-0.2, -0.15) is 0 Å². The summed E-state index contributed by atoms with van der Waals surface area (Å²) in [4.78, 5) is 2.56. The van der Waals surface area contributed by atoms with E-state index in [-0.39, 0.29) is 0 Å². The molecule has 0 aromatic carbocycles. The van der Waals surface area contributed by atoms with Gasteiger partial charge < -0.3 is 10.2 Å². The molecule has 13 heavy (non-hydrogen) atoms. The molecule has 2 unspecified atom stereocenters. The van der Waals surface area contributed by atoms with Gasteiger partial charge in [-0.25, -0.2) is 0 Å². The van der Waals surface area contributed by atoms with Crippen LogP contribution < -0.4 is 5.32 Å². The fraction of sp³-hybridized carbons (Fsp3) is 1.00. The van der Waals surface area contributed by atoms with E-state index in [1.54, 1.807) is 0 Å². The first-order valence-electron chi connectivity index (χ1n) is 5.74. The van der Waals surface area contributed by atoms with E-state index in [0.717, 1.165) is 6.04 Å². The number of likely N-dealkylation sites (N-methyl/N-ethyl adjacent to an activating group) is 1. The Hall–Kier alpha value is -0.0800. The summed E-state index contributed by atoms with van der Waals surface area (Å²) in [6, 6.07) is 0.806. The van der Waals surface area contributed by atoms with Crippen LogP contribution in [0.25, 0.3) is 0 Å². The van der Waals surface area contributed by atoms with Crippen LogP contribution in [0.2, 0.25) is 0 Å². The zero-order valence-electron chi connectivity index (χ0n) is 8.97. The maximum absolute atomic E-state index is 3.75. The Morgan fingerprint density at radius 3 is 2.77 bits per heavy atom. The largest absolute Gasteiger partial charge is 0.310 e. The number of likely N-dealkylation sites (tertiary alicyclic amines) is 1. The number of hydrogen-bond donors (Lipinski definition) is 1. The molecule has 2 aliphatic rings. The van der Waals surface area contributed by atoms with Gasteiger partial charge in [-0.1, -0.05) is 6.92 Å². The van der Waals surface area contributed by atoms with Crippen molar-refractivity contribution < 1.29 is 0 Å². The molecule has 0 aromatic rings. The van der Waals surface area contributed by atoms with Crippen molar-refractivity contribution in [2.75, 3.05) is 20.1 Å². The van der Waals surface area contributed by atoms with Crippen LogP contribution >= 0.6 is 0 Å². The van der Waals surface area contributed by atoms with Gasteiger partial charge in [0.2, 0.25) is 0 Å². The first kappa shape index (κ1) is 9.47. The van der Waals surface area contributed by atoms with Crippen molar-refractivity contribution in [2.24, 2.45) is 0 Å². The summed E-state index contributed by atoms with van der Waals surface area (Å²) >= 11 is 0. The van der Waals surface area contributed by atoms with Gasteiger partial charge in [0.05, 0.1) is 0 Å². The van der Waals surface area contributed by atoms with E-state index in [1.807, 2.05) is 0 Å². The molecule has 2 saturated heterocycles. The lowest BCUT2D eigenvalue weighted by atomic mass is 9.84. The minimum Gasteiger partial charge on any atom is -0.310 e. The Labute approximate surface area is 81.7 Å². The third-order valence-electron chi connectivity index (χ3n) is 4.07. The number of rotatable bonds is 2. The molecule has 0 aromatic heterocycles. The number of hydrogen-bond acceptors (Lipinski definition) is 2. The molecule has 2 heterocycles. The molecule has 0 bridgehead atoms. The van der Waals surface area contributed by atoms with Gasteiger partial charge in [0.15, 0.2) is 0 Å². The maximum Gasteiger partial charge on any atom is 0.0335 e. The Bertz CT molecular complexity index is 173. The molecule has 2 nitrogen and oxygen atoms in total. The van der Waals surface area contributed by atoms with E-state index in [4.69, 9.17) is 0 Å². The summed E-state index contributed by atoms with van der Waals surface area (Å²) < 4.78 is 0. The second kappa shape index (κ2) is 3.58. The van der Waals surface area contributed by atoms with E-state index >= 15 is 0 Å². The van der Waals surface area contributed by atoms with Gasteiger partial charge in [0, 0.05) is 11.6 Å². The van der Waals surface area contributed by atoms with Crippen molar-refractivity contribution in [3.8, 4) is 0 Å². The quantitative estimate of drug-likeness (QED) is 0.698. The van der Waals surface area contributed by atoms with E-state index in [2.05, 4.69) is 24.2 Å². The summed E-state index contributed by atoms with van der Waals surface area (Å²) in [6.45, 7) is 4.87. The fourth-order valence-electron chi connectivity index (χ4n) is 3.26. The average Bonchev–Trinajstić information content (AvgIpc) is 2.73. The molecule has 2 atom stereocenters. The molecule has 0 spiro atoms. The summed E-state index contributed by atoms with van der Waals surface area (Å²) in [5.41, 5.74) is 0.464. The second-order valence-electron chi connectivity index (χ2n) is 4.68. The van der Waals surface area contributed by atoms with E-state index in [0.29, 0.717) is 5.54 Å². The summed E-state index contributed by atoms with van der Waals surface area (Å²) in [6.07, 6.45) is 6.85. The Morgan fingerprint density at radius 2 is 2.31 bits per heavy atom. The van der Waals surface area contributed by atoms with Gasteiger partial charge in [-0.3, -0.25) is 0 Å². The molecular weight excluding hydrogens is 160 g/mol. The van der Waals surface area contributed by atoms with Crippen LogP contribution in [0.4, 0.5) is 0 Å².